The van der Waals surface area contributed by atoms with Gasteiger partial charge in [-0.15, -0.1) is 11.3 Å². The number of thiophene rings is 1. The van der Waals surface area contributed by atoms with Crippen LogP contribution in [0.15, 0.2) is 41.3 Å². The van der Waals surface area contributed by atoms with Crippen molar-refractivity contribution in [1.29, 1.82) is 0 Å². The second kappa shape index (κ2) is 7.16. The molecule has 4 aromatic rings. The van der Waals surface area contributed by atoms with E-state index in [2.05, 4.69) is 10.3 Å². The molecule has 0 aliphatic carbocycles. The van der Waals surface area contributed by atoms with Gasteiger partial charge in [-0.2, -0.15) is 0 Å². The van der Waals surface area contributed by atoms with Gasteiger partial charge in [-0.25, -0.2) is 9.97 Å². The number of carbonyl (C=O) groups excluding carboxylic acids is 1. The number of nitrogens with zero attached hydrogens (tertiary/aromatic N) is 3. The van der Waals surface area contributed by atoms with Crippen molar-refractivity contribution in [2.24, 2.45) is 0 Å². The molecule has 1 amide bonds. The summed E-state index contributed by atoms with van der Waals surface area (Å²) in [6, 6.07) is 9.61. The zero-order chi connectivity index (χ0) is 19.8. The number of hydrogen-bond acceptors (Lipinski definition) is 5. The molecule has 0 radical (unpaired) electrons. The number of pyridine rings is 1. The summed E-state index contributed by atoms with van der Waals surface area (Å²) in [4.78, 5) is 35.6. The number of fused-ring (bicyclic) bond motifs is 3. The number of rotatable bonds is 4. The normalized spacial score (nSPS) is 11.2. The molecular formula is C21H20N4O2S. The second-order valence-electron chi connectivity index (χ2n) is 6.72. The highest BCUT2D eigenvalue weighted by molar-refractivity contribution is 7.25. The molecule has 1 N–H and O–H groups in total. The first-order chi connectivity index (χ1) is 13.5. The lowest BCUT2D eigenvalue weighted by atomic mass is 10.1. The first-order valence-electron chi connectivity index (χ1n) is 9.12. The fourth-order valence-corrected chi connectivity index (χ4v) is 4.40. The Kier molecular flexibility index (Phi) is 4.68. The van der Waals surface area contributed by atoms with Crippen LogP contribution in [0.3, 0.4) is 0 Å². The van der Waals surface area contributed by atoms with Gasteiger partial charge in [0.15, 0.2) is 0 Å². The van der Waals surface area contributed by atoms with E-state index < -0.39 is 0 Å². The number of anilines is 1. The van der Waals surface area contributed by atoms with Gasteiger partial charge >= 0.3 is 0 Å². The van der Waals surface area contributed by atoms with Crippen LogP contribution >= 0.6 is 11.3 Å². The molecule has 3 aromatic heterocycles. The summed E-state index contributed by atoms with van der Waals surface area (Å²) < 4.78 is 2.01. The van der Waals surface area contributed by atoms with Crippen LogP contribution in [0.2, 0.25) is 0 Å². The minimum atomic E-state index is -0.241. The van der Waals surface area contributed by atoms with Gasteiger partial charge in [0.05, 0.1) is 5.52 Å². The predicted molar refractivity (Wildman–Crippen MR) is 113 cm³/mol. The number of amides is 1. The van der Waals surface area contributed by atoms with Crippen LogP contribution in [0.25, 0.3) is 20.4 Å². The second-order valence-corrected chi connectivity index (χ2v) is 7.72. The van der Waals surface area contributed by atoms with Gasteiger partial charge in [-0.1, -0.05) is 25.1 Å². The third-order valence-corrected chi connectivity index (χ3v) is 5.89. The Morgan fingerprint density at radius 3 is 2.64 bits per heavy atom. The van der Waals surface area contributed by atoms with Crippen LogP contribution in [-0.2, 0) is 17.8 Å². The van der Waals surface area contributed by atoms with Gasteiger partial charge in [0.2, 0.25) is 5.91 Å². The molecule has 0 fully saturated rings. The van der Waals surface area contributed by atoms with Gasteiger partial charge < -0.3 is 5.32 Å². The van der Waals surface area contributed by atoms with Crippen molar-refractivity contribution < 1.29 is 4.79 Å². The van der Waals surface area contributed by atoms with Crippen molar-refractivity contribution in [2.45, 2.75) is 33.7 Å². The third kappa shape index (κ3) is 3.07. The Morgan fingerprint density at radius 1 is 1.18 bits per heavy atom. The lowest BCUT2D eigenvalue weighted by molar-refractivity contribution is -0.116. The maximum absolute atomic E-state index is 13.1. The van der Waals surface area contributed by atoms with E-state index >= 15 is 0 Å². The summed E-state index contributed by atoms with van der Waals surface area (Å²) >= 11 is 1.32. The van der Waals surface area contributed by atoms with Crippen molar-refractivity contribution in [3.63, 3.8) is 0 Å². The summed E-state index contributed by atoms with van der Waals surface area (Å²) in [5, 5.41) is 3.82. The lowest BCUT2D eigenvalue weighted by Crippen LogP contribution is -2.30. The first-order valence-corrected chi connectivity index (χ1v) is 9.94. The smallest absolute Gasteiger partial charge is 0.272 e. The zero-order valence-electron chi connectivity index (χ0n) is 15.9. The molecule has 0 aliphatic heterocycles. The van der Waals surface area contributed by atoms with E-state index in [0.29, 0.717) is 22.5 Å². The number of benzene rings is 1. The number of para-hydroxylation sites is 1. The SMILES string of the molecule is CCc1nc2c(sc3ncccc32)c(=O)n1CC(=O)Nc1c(C)cccc1C. The number of aromatic nitrogens is 3. The molecule has 0 unspecified atom stereocenters. The van der Waals surface area contributed by atoms with E-state index in [9.17, 15) is 9.59 Å². The maximum Gasteiger partial charge on any atom is 0.272 e. The van der Waals surface area contributed by atoms with E-state index in [1.165, 1.54) is 15.9 Å². The molecule has 1 aromatic carbocycles. The van der Waals surface area contributed by atoms with Crippen LogP contribution in [-0.4, -0.2) is 20.4 Å². The van der Waals surface area contributed by atoms with Gasteiger partial charge in [-0.3, -0.25) is 14.2 Å². The number of aryl methyl sites for hydroxylation is 3. The Balaban J connectivity index is 1.76. The van der Waals surface area contributed by atoms with E-state index in [1.807, 2.05) is 51.1 Å². The first kappa shape index (κ1) is 18.3. The number of carbonyl (C=O) groups is 1. The fourth-order valence-electron chi connectivity index (χ4n) is 3.37. The van der Waals surface area contributed by atoms with E-state index in [4.69, 9.17) is 4.98 Å². The molecule has 0 aliphatic rings. The molecule has 6 nitrogen and oxygen atoms in total. The lowest BCUT2D eigenvalue weighted by Gasteiger charge is -2.14. The molecule has 4 rings (SSSR count). The van der Waals surface area contributed by atoms with Crippen LogP contribution in [0.4, 0.5) is 5.69 Å². The summed E-state index contributed by atoms with van der Waals surface area (Å²) in [5.41, 5.74) is 3.24. The quantitative estimate of drug-likeness (QED) is 0.573. The highest BCUT2D eigenvalue weighted by Crippen LogP contribution is 2.28. The van der Waals surface area contributed by atoms with E-state index in [0.717, 1.165) is 27.0 Å². The fraction of sp³-hybridized carbons (Fsp3) is 0.238. The van der Waals surface area contributed by atoms with E-state index in [1.54, 1.807) is 6.20 Å². The number of hydrogen-bond donors (Lipinski definition) is 1. The van der Waals surface area contributed by atoms with Crippen molar-refractivity contribution >= 4 is 43.4 Å². The molecular weight excluding hydrogens is 372 g/mol. The average Bonchev–Trinajstić information content (AvgIpc) is 3.06. The molecule has 7 heteroatoms. The Morgan fingerprint density at radius 2 is 1.93 bits per heavy atom. The van der Waals surface area contributed by atoms with Crippen molar-refractivity contribution in [3.8, 4) is 0 Å². The third-order valence-electron chi connectivity index (χ3n) is 4.80. The number of nitrogens with one attached hydrogen (secondary N) is 1. The minimum absolute atomic E-state index is 0.0691. The molecule has 3 heterocycles. The molecule has 28 heavy (non-hydrogen) atoms. The Bertz CT molecular complexity index is 1250. The molecule has 0 spiro atoms. The summed E-state index contributed by atoms with van der Waals surface area (Å²) in [6.45, 7) is 5.76. The summed E-state index contributed by atoms with van der Waals surface area (Å²) in [5.74, 6) is 0.354. The topological polar surface area (TPSA) is 76.9 Å². The van der Waals surface area contributed by atoms with Crippen LogP contribution in [0.5, 0.6) is 0 Å². The standard InChI is InChI=1S/C21H20N4O2S/c1-4-15-23-18-14-9-6-10-22-20(14)28-19(18)21(27)25(15)11-16(26)24-17-12(2)7-5-8-13(17)3/h5-10H,4,11H2,1-3H3,(H,24,26). The monoisotopic (exact) mass is 392 g/mol. The Hall–Kier alpha value is -3.06. The average molecular weight is 392 g/mol. The van der Waals surface area contributed by atoms with Crippen molar-refractivity contribution in [3.05, 3.63) is 63.8 Å². The highest BCUT2D eigenvalue weighted by atomic mass is 32.1. The summed E-state index contributed by atoms with van der Waals surface area (Å²) in [6.07, 6.45) is 2.26. The van der Waals surface area contributed by atoms with Crippen LogP contribution in [0.1, 0.15) is 23.9 Å². The van der Waals surface area contributed by atoms with Crippen LogP contribution in [0, 0.1) is 13.8 Å². The van der Waals surface area contributed by atoms with E-state index in [-0.39, 0.29) is 18.0 Å². The van der Waals surface area contributed by atoms with Crippen molar-refractivity contribution in [2.75, 3.05) is 5.32 Å². The molecule has 0 saturated carbocycles. The Labute approximate surface area is 165 Å². The predicted octanol–water partition coefficient (Wildman–Crippen LogP) is 3.82. The largest absolute Gasteiger partial charge is 0.324 e. The summed E-state index contributed by atoms with van der Waals surface area (Å²) in [7, 11) is 0. The maximum atomic E-state index is 13.1. The van der Waals surface area contributed by atoms with Gasteiger partial charge in [0.1, 0.15) is 21.9 Å². The van der Waals surface area contributed by atoms with Gasteiger partial charge in [0.25, 0.3) is 5.56 Å². The highest BCUT2D eigenvalue weighted by Gasteiger charge is 2.18. The van der Waals surface area contributed by atoms with Crippen LogP contribution < -0.4 is 10.9 Å². The molecule has 0 atom stereocenters. The zero-order valence-corrected chi connectivity index (χ0v) is 16.8. The van der Waals surface area contributed by atoms with Gasteiger partial charge in [-0.05, 0) is 37.1 Å². The molecule has 0 saturated heterocycles. The van der Waals surface area contributed by atoms with Crippen molar-refractivity contribution in [1.82, 2.24) is 14.5 Å². The molecule has 0 bridgehead atoms. The van der Waals surface area contributed by atoms with Gasteiger partial charge in [0, 0.05) is 23.7 Å². The molecule has 142 valence electrons. The minimum Gasteiger partial charge on any atom is -0.324 e.